The zero-order valence-electron chi connectivity index (χ0n) is 21.6. The molecule has 186 valence electrons. The van der Waals surface area contributed by atoms with E-state index in [-0.39, 0.29) is 0 Å². The van der Waals surface area contributed by atoms with Gasteiger partial charge in [-0.15, -0.1) is 0 Å². The highest BCUT2D eigenvalue weighted by atomic mass is 15.1. The lowest BCUT2D eigenvalue weighted by Gasteiger charge is -2.11. The molecule has 5 aromatic carbocycles. The summed E-state index contributed by atoms with van der Waals surface area (Å²) in [4.78, 5) is 4.88. The van der Waals surface area contributed by atoms with E-state index < -0.39 is 0 Å². The highest BCUT2D eigenvalue weighted by Gasteiger charge is 2.20. The lowest BCUT2D eigenvalue weighted by Crippen LogP contribution is -1.97. The number of rotatable bonds is 2. The van der Waals surface area contributed by atoms with Crippen LogP contribution in [0.15, 0.2) is 140 Å². The zero-order valence-corrected chi connectivity index (χ0v) is 21.6. The van der Waals surface area contributed by atoms with Crippen molar-refractivity contribution in [1.82, 2.24) is 14.0 Å². The third kappa shape index (κ3) is 2.86. The molecule has 0 saturated heterocycles. The molecule has 0 N–H and O–H groups in total. The van der Waals surface area contributed by atoms with Gasteiger partial charge in [0.15, 0.2) is 0 Å². The topological polar surface area (TPSA) is 22.2 Å². The SMILES string of the molecule is c1ccc(-c2ccnc(-n3c4ccccc4c4c3ccc3cc5c6ccccc6c6ccccc6n5c34)c2)cc1. The Morgan fingerprint density at radius 1 is 0.450 bits per heavy atom. The van der Waals surface area contributed by atoms with Crippen LogP contribution in [0.2, 0.25) is 0 Å². The van der Waals surface area contributed by atoms with Gasteiger partial charge >= 0.3 is 0 Å². The maximum absolute atomic E-state index is 4.88. The summed E-state index contributed by atoms with van der Waals surface area (Å²) in [5.74, 6) is 0.920. The Hall–Kier alpha value is -5.41. The molecule has 3 nitrogen and oxygen atoms in total. The first-order chi connectivity index (χ1) is 19.9. The summed E-state index contributed by atoms with van der Waals surface area (Å²) in [5, 5.41) is 7.54. The lowest BCUT2D eigenvalue weighted by atomic mass is 10.1. The number of fused-ring (bicyclic) bond motifs is 12. The van der Waals surface area contributed by atoms with Crippen molar-refractivity contribution in [3.8, 4) is 16.9 Å². The Balaban J connectivity index is 1.47. The quantitative estimate of drug-likeness (QED) is 0.213. The summed E-state index contributed by atoms with van der Waals surface area (Å²) in [6, 6.07) is 47.9. The fourth-order valence-electron chi connectivity index (χ4n) is 6.63. The van der Waals surface area contributed by atoms with Gasteiger partial charge in [0, 0.05) is 33.1 Å². The maximum Gasteiger partial charge on any atom is 0.138 e. The molecule has 0 radical (unpaired) electrons. The van der Waals surface area contributed by atoms with Crippen LogP contribution in [-0.4, -0.2) is 14.0 Å². The summed E-state index contributed by atoms with van der Waals surface area (Å²) in [5.41, 5.74) is 8.35. The molecule has 3 heteroatoms. The van der Waals surface area contributed by atoms with Crippen LogP contribution in [0, 0.1) is 0 Å². The van der Waals surface area contributed by atoms with Crippen molar-refractivity contribution in [3.63, 3.8) is 0 Å². The molecule has 9 aromatic rings. The van der Waals surface area contributed by atoms with E-state index in [0.29, 0.717) is 0 Å². The number of hydrogen-bond acceptors (Lipinski definition) is 1. The van der Waals surface area contributed by atoms with Crippen molar-refractivity contribution >= 4 is 59.9 Å². The van der Waals surface area contributed by atoms with Crippen molar-refractivity contribution < 1.29 is 0 Å². The van der Waals surface area contributed by atoms with E-state index in [9.17, 15) is 0 Å². The zero-order chi connectivity index (χ0) is 26.2. The number of aromatic nitrogens is 3. The summed E-state index contributed by atoms with van der Waals surface area (Å²) in [6.45, 7) is 0. The van der Waals surface area contributed by atoms with E-state index in [4.69, 9.17) is 4.98 Å². The predicted octanol–water partition coefficient (Wildman–Crippen LogP) is 9.56. The molecule has 0 atom stereocenters. The molecular weight excluding hydrogens is 486 g/mol. The molecular formula is C37H23N3. The normalized spacial score (nSPS) is 12.0. The van der Waals surface area contributed by atoms with Crippen molar-refractivity contribution in [2.45, 2.75) is 0 Å². The molecule has 0 aliphatic carbocycles. The number of pyridine rings is 2. The second-order valence-corrected chi connectivity index (χ2v) is 10.4. The van der Waals surface area contributed by atoms with Gasteiger partial charge in [-0.2, -0.15) is 0 Å². The van der Waals surface area contributed by atoms with Gasteiger partial charge in [0.1, 0.15) is 5.82 Å². The maximum atomic E-state index is 4.88. The average Bonchev–Trinajstić information content (AvgIpc) is 3.58. The molecule has 9 rings (SSSR count). The largest absolute Gasteiger partial charge is 0.308 e. The lowest BCUT2D eigenvalue weighted by molar-refractivity contribution is 1.08. The number of nitrogens with zero attached hydrogens (tertiary/aromatic N) is 3. The number of hydrogen-bond donors (Lipinski definition) is 0. The van der Waals surface area contributed by atoms with E-state index in [1.807, 2.05) is 6.20 Å². The highest BCUT2D eigenvalue weighted by molar-refractivity contribution is 6.24. The van der Waals surface area contributed by atoms with Gasteiger partial charge in [-0.05, 0) is 52.9 Å². The van der Waals surface area contributed by atoms with Crippen LogP contribution >= 0.6 is 0 Å². The third-order valence-electron chi connectivity index (χ3n) is 8.32. The highest BCUT2D eigenvalue weighted by Crippen LogP contribution is 2.41. The molecule has 40 heavy (non-hydrogen) atoms. The Bertz CT molecular complexity index is 2430. The summed E-state index contributed by atoms with van der Waals surface area (Å²) >= 11 is 0. The van der Waals surface area contributed by atoms with E-state index >= 15 is 0 Å². The molecule has 0 fully saturated rings. The molecule has 4 heterocycles. The molecule has 0 saturated carbocycles. The van der Waals surface area contributed by atoms with Gasteiger partial charge in [-0.1, -0.05) is 97.1 Å². The van der Waals surface area contributed by atoms with Crippen LogP contribution in [0.25, 0.3) is 76.8 Å². The van der Waals surface area contributed by atoms with Crippen LogP contribution in [0.1, 0.15) is 0 Å². The van der Waals surface area contributed by atoms with Crippen LogP contribution in [0.4, 0.5) is 0 Å². The van der Waals surface area contributed by atoms with Crippen LogP contribution in [0.5, 0.6) is 0 Å². The van der Waals surface area contributed by atoms with Crippen LogP contribution < -0.4 is 0 Å². The predicted molar refractivity (Wildman–Crippen MR) is 167 cm³/mol. The Kier molecular flexibility index (Phi) is 4.33. The monoisotopic (exact) mass is 509 g/mol. The van der Waals surface area contributed by atoms with E-state index in [0.717, 1.165) is 22.4 Å². The van der Waals surface area contributed by atoms with Crippen LogP contribution in [0.3, 0.4) is 0 Å². The fraction of sp³-hybridized carbons (Fsp3) is 0. The van der Waals surface area contributed by atoms with Crippen molar-refractivity contribution in [2.75, 3.05) is 0 Å². The summed E-state index contributed by atoms with van der Waals surface area (Å²) < 4.78 is 4.79. The van der Waals surface area contributed by atoms with Gasteiger partial charge < -0.3 is 4.40 Å². The first kappa shape index (κ1) is 21.5. The summed E-state index contributed by atoms with van der Waals surface area (Å²) in [6.07, 6.45) is 1.92. The molecule has 0 aliphatic rings. The molecule has 0 unspecified atom stereocenters. The first-order valence-electron chi connectivity index (χ1n) is 13.7. The second kappa shape index (κ2) is 8.05. The molecule has 0 bridgehead atoms. The van der Waals surface area contributed by atoms with Gasteiger partial charge in [0.25, 0.3) is 0 Å². The van der Waals surface area contributed by atoms with E-state index in [2.05, 4.69) is 142 Å². The Morgan fingerprint density at radius 2 is 1.12 bits per heavy atom. The standard InChI is InChI=1S/C37H23N3/c1-2-10-24(11-3-1)25-20-21-38-35(23-25)39-32-17-9-7-15-30(32)36-33(39)19-18-26-22-34-29-14-5-4-12-27(29)28-13-6-8-16-31(28)40(34)37(26)36/h1-23H. The van der Waals surface area contributed by atoms with E-state index in [1.54, 1.807) is 0 Å². The van der Waals surface area contributed by atoms with Gasteiger partial charge in [-0.3, -0.25) is 4.57 Å². The number of para-hydroxylation sites is 2. The Morgan fingerprint density at radius 3 is 1.95 bits per heavy atom. The molecule has 0 aliphatic heterocycles. The van der Waals surface area contributed by atoms with Crippen molar-refractivity contribution in [1.29, 1.82) is 0 Å². The van der Waals surface area contributed by atoms with Gasteiger partial charge in [0.05, 0.1) is 27.6 Å². The molecule has 4 aromatic heterocycles. The minimum absolute atomic E-state index is 0.920. The minimum Gasteiger partial charge on any atom is -0.308 e. The molecule has 0 spiro atoms. The van der Waals surface area contributed by atoms with Crippen molar-refractivity contribution in [3.05, 3.63) is 140 Å². The third-order valence-corrected chi connectivity index (χ3v) is 8.32. The Labute approximate surface area is 230 Å². The van der Waals surface area contributed by atoms with Gasteiger partial charge in [-0.25, -0.2) is 4.98 Å². The number of benzene rings is 5. The van der Waals surface area contributed by atoms with Crippen LogP contribution in [-0.2, 0) is 0 Å². The summed E-state index contributed by atoms with van der Waals surface area (Å²) in [7, 11) is 0. The minimum atomic E-state index is 0.920. The fourth-order valence-corrected chi connectivity index (χ4v) is 6.63. The average molecular weight is 510 g/mol. The second-order valence-electron chi connectivity index (χ2n) is 10.4. The van der Waals surface area contributed by atoms with Gasteiger partial charge in [0.2, 0.25) is 0 Å². The molecule has 0 amide bonds. The first-order valence-corrected chi connectivity index (χ1v) is 13.7. The smallest absolute Gasteiger partial charge is 0.138 e. The van der Waals surface area contributed by atoms with Crippen molar-refractivity contribution in [2.24, 2.45) is 0 Å². The van der Waals surface area contributed by atoms with E-state index in [1.165, 1.54) is 54.4 Å².